The molecule has 0 radical (unpaired) electrons. The Bertz CT molecular complexity index is 245. The molecule has 1 rings (SSSR count). The largest absolute Gasteiger partial charge is 0.341 e. The van der Waals surface area contributed by atoms with Gasteiger partial charge < -0.3 is 15.5 Å². The molecule has 1 aliphatic heterocycles. The molecule has 1 fully saturated rings. The topological polar surface area (TPSA) is 49.6 Å². The normalized spacial score (nSPS) is 23.4. The Morgan fingerprint density at radius 1 is 1.59 bits per heavy atom. The first kappa shape index (κ1) is 14.5. The van der Waals surface area contributed by atoms with E-state index in [-0.39, 0.29) is 11.8 Å². The summed E-state index contributed by atoms with van der Waals surface area (Å²) in [6.45, 7) is 4.85. The van der Waals surface area contributed by atoms with E-state index in [1.807, 2.05) is 18.9 Å². The average molecular weight is 241 g/mol. The van der Waals surface area contributed by atoms with Gasteiger partial charge in [0.05, 0.1) is 0 Å². The van der Waals surface area contributed by atoms with Crippen molar-refractivity contribution in [1.82, 2.24) is 9.80 Å². The van der Waals surface area contributed by atoms with E-state index >= 15 is 0 Å². The Morgan fingerprint density at radius 2 is 2.29 bits per heavy atom. The molecule has 0 aromatic heterocycles. The van der Waals surface area contributed by atoms with Crippen molar-refractivity contribution in [2.24, 2.45) is 11.7 Å². The van der Waals surface area contributed by atoms with Gasteiger partial charge in [0.2, 0.25) is 5.91 Å². The third-order valence-electron chi connectivity index (χ3n) is 3.76. The number of nitrogens with two attached hydrogens (primary N) is 1. The second-order valence-electron chi connectivity index (χ2n) is 5.34. The lowest BCUT2D eigenvalue weighted by atomic mass is 10.0. The minimum atomic E-state index is 0.107. The molecule has 1 amide bonds. The van der Waals surface area contributed by atoms with E-state index in [2.05, 4.69) is 11.9 Å². The van der Waals surface area contributed by atoms with Gasteiger partial charge >= 0.3 is 0 Å². The van der Waals surface area contributed by atoms with Crippen molar-refractivity contribution in [1.29, 1.82) is 0 Å². The van der Waals surface area contributed by atoms with Gasteiger partial charge in [-0.1, -0.05) is 6.92 Å². The van der Waals surface area contributed by atoms with Gasteiger partial charge in [-0.2, -0.15) is 0 Å². The van der Waals surface area contributed by atoms with Crippen LogP contribution in [0.4, 0.5) is 0 Å². The quantitative estimate of drug-likeness (QED) is 0.778. The zero-order chi connectivity index (χ0) is 12.8. The molecule has 4 heteroatoms. The van der Waals surface area contributed by atoms with E-state index < -0.39 is 0 Å². The van der Waals surface area contributed by atoms with Gasteiger partial charge in [-0.3, -0.25) is 4.79 Å². The van der Waals surface area contributed by atoms with Gasteiger partial charge in [0.1, 0.15) is 0 Å². The number of amides is 1. The van der Waals surface area contributed by atoms with E-state index in [0.29, 0.717) is 12.6 Å². The fourth-order valence-electron chi connectivity index (χ4n) is 2.53. The Hall–Kier alpha value is -0.610. The standard InChI is InChI=1S/C13H27N3O/c1-11(6-4-8-14)13(17)16(3)12-7-5-9-15(2)10-12/h11-12H,4-10,14H2,1-3H3. The van der Waals surface area contributed by atoms with Gasteiger partial charge in [0.15, 0.2) is 0 Å². The summed E-state index contributed by atoms with van der Waals surface area (Å²) in [6.07, 6.45) is 4.17. The maximum absolute atomic E-state index is 12.2. The Balaban J connectivity index is 2.44. The maximum Gasteiger partial charge on any atom is 0.225 e. The molecule has 0 spiro atoms. The van der Waals surface area contributed by atoms with Gasteiger partial charge in [-0.25, -0.2) is 0 Å². The Morgan fingerprint density at radius 3 is 2.88 bits per heavy atom. The number of piperidine rings is 1. The fourth-order valence-corrected chi connectivity index (χ4v) is 2.53. The van der Waals surface area contributed by atoms with E-state index in [4.69, 9.17) is 5.73 Å². The SMILES string of the molecule is CC(CCCN)C(=O)N(C)C1CCCN(C)C1. The van der Waals surface area contributed by atoms with Crippen molar-refractivity contribution in [3.8, 4) is 0 Å². The number of rotatable bonds is 5. The molecule has 0 aliphatic carbocycles. The highest BCUT2D eigenvalue weighted by Crippen LogP contribution is 2.17. The number of carbonyl (C=O) groups is 1. The summed E-state index contributed by atoms with van der Waals surface area (Å²) in [5.74, 6) is 0.384. The third-order valence-corrected chi connectivity index (χ3v) is 3.76. The van der Waals surface area contributed by atoms with E-state index in [1.54, 1.807) is 0 Å². The Labute approximate surface area is 105 Å². The van der Waals surface area contributed by atoms with Crippen LogP contribution in [0.15, 0.2) is 0 Å². The lowest BCUT2D eigenvalue weighted by Gasteiger charge is -2.37. The van der Waals surface area contributed by atoms with Gasteiger partial charge in [-0.05, 0) is 45.8 Å². The third kappa shape index (κ3) is 4.28. The molecule has 0 bridgehead atoms. The molecular formula is C13H27N3O. The predicted molar refractivity (Wildman–Crippen MR) is 70.7 cm³/mol. The van der Waals surface area contributed by atoms with E-state index in [9.17, 15) is 4.79 Å². The van der Waals surface area contributed by atoms with Crippen LogP contribution in [0.3, 0.4) is 0 Å². The van der Waals surface area contributed by atoms with Gasteiger partial charge in [-0.15, -0.1) is 0 Å². The zero-order valence-corrected chi connectivity index (χ0v) is 11.5. The number of hydrogen-bond acceptors (Lipinski definition) is 3. The molecule has 100 valence electrons. The Kier molecular flexibility index (Phi) is 5.92. The molecule has 0 aromatic carbocycles. The van der Waals surface area contributed by atoms with Crippen LogP contribution in [0, 0.1) is 5.92 Å². The number of carbonyl (C=O) groups excluding carboxylic acids is 1. The van der Waals surface area contributed by atoms with Crippen LogP contribution in [-0.2, 0) is 4.79 Å². The lowest BCUT2D eigenvalue weighted by Crippen LogP contribution is -2.48. The van der Waals surface area contributed by atoms with Crippen LogP contribution in [0.25, 0.3) is 0 Å². The molecule has 2 N–H and O–H groups in total. The summed E-state index contributed by atoms with van der Waals surface area (Å²) in [5, 5.41) is 0. The van der Waals surface area contributed by atoms with Crippen molar-refractivity contribution in [2.75, 3.05) is 33.7 Å². The van der Waals surface area contributed by atoms with Gasteiger partial charge in [0, 0.05) is 25.6 Å². The summed E-state index contributed by atoms with van der Waals surface area (Å²) in [6, 6.07) is 0.390. The molecule has 17 heavy (non-hydrogen) atoms. The highest BCUT2D eigenvalue weighted by Gasteiger charge is 2.26. The molecule has 4 nitrogen and oxygen atoms in total. The second-order valence-corrected chi connectivity index (χ2v) is 5.34. The summed E-state index contributed by atoms with van der Waals surface area (Å²) in [7, 11) is 4.08. The van der Waals surface area contributed by atoms with Crippen molar-refractivity contribution in [3.63, 3.8) is 0 Å². The molecule has 1 saturated heterocycles. The van der Waals surface area contributed by atoms with Crippen LogP contribution in [0.1, 0.15) is 32.6 Å². The van der Waals surface area contributed by atoms with Crippen molar-refractivity contribution in [2.45, 2.75) is 38.6 Å². The minimum Gasteiger partial charge on any atom is -0.341 e. The first-order valence-electron chi connectivity index (χ1n) is 6.71. The van der Waals surface area contributed by atoms with Crippen LogP contribution in [0.2, 0.25) is 0 Å². The van der Waals surface area contributed by atoms with Crippen molar-refractivity contribution < 1.29 is 4.79 Å². The number of hydrogen-bond donors (Lipinski definition) is 1. The number of likely N-dealkylation sites (N-methyl/N-ethyl adjacent to an activating group) is 2. The highest BCUT2D eigenvalue weighted by molar-refractivity contribution is 5.78. The van der Waals surface area contributed by atoms with Gasteiger partial charge in [0.25, 0.3) is 0 Å². The summed E-state index contributed by atoms with van der Waals surface area (Å²) >= 11 is 0. The summed E-state index contributed by atoms with van der Waals surface area (Å²) < 4.78 is 0. The van der Waals surface area contributed by atoms with Crippen LogP contribution in [0.5, 0.6) is 0 Å². The zero-order valence-electron chi connectivity index (χ0n) is 11.5. The maximum atomic E-state index is 12.2. The molecule has 1 heterocycles. The highest BCUT2D eigenvalue weighted by atomic mass is 16.2. The number of nitrogens with zero attached hydrogens (tertiary/aromatic N) is 2. The van der Waals surface area contributed by atoms with Crippen LogP contribution >= 0.6 is 0 Å². The fraction of sp³-hybridized carbons (Fsp3) is 0.923. The average Bonchev–Trinajstić information content (AvgIpc) is 2.34. The number of likely N-dealkylation sites (tertiary alicyclic amines) is 1. The molecule has 0 saturated carbocycles. The molecule has 2 atom stereocenters. The summed E-state index contributed by atoms with van der Waals surface area (Å²) in [4.78, 5) is 16.5. The monoisotopic (exact) mass is 241 g/mol. The van der Waals surface area contributed by atoms with Crippen molar-refractivity contribution >= 4 is 5.91 Å². The second kappa shape index (κ2) is 6.97. The smallest absolute Gasteiger partial charge is 0.225 e. The summed E-state index contributed by atoms with van der Waals surface area (Å²) in [5.41, 5.74) is 5.48. The van der Waals surface area contributed by atoms with E-state index in [1.165, 1.54) is 6.42 Å². The minimum absolute atomic E-state index is 0.107. The molecule has 0 aromatic rings. The first-order chi connectivity index (χ1) is 8.06. The molecule has 1 aliphatic rings. The van der Waals surface area contributed by atoms with Crippen LogP contribution in [-0.4, -0.2) is 55.5 Å². The first-order valence-corrected chi connectivity index (χ1v) is 6.71. The molecular weight excluding hydrogens is 214 g/mol. The molecule has 2 unspecified atom stereocenters. The van der Waals surface area contributed by atoms with E-state index in [0.717, 1.165) is 32.4 Å². The van der Waals surface area contributed by atoms with Crippen LogP contribution < -0.4 is 5.73 Å². The van der Waals surface area contributed by atoms with Crippen molar-refractivity contribution in [3.05, 3.63) is 0 Å². The lowest BCUT2D eigenvalue weighted by molar-refractivity contribution is -0.136. The predicted octanol–water partition coefficient (Wildman–Crippen LogP) is 0.914.